The van der Waals surface area contributed by atoms with Crippen LogP contribution in [0.4, 0.5) is 0 Å². The van der Waals surface area contributed by atoms with E-state index in [0.717, 1.165) is 41.1 Å². The zero-order chi connectivity index (χ0) is 15.2. The molecule has 122 valence electrons. The molecule has 2 heterocycles. The Hall–Kier alpha value is -1.16. The molecule has 0 bridgehead atoms. The van der Waals surface area contributed by atoms with Crippen molar-refractivity contribution in [3.8, 4) is 0 Å². The number of hydrogen-bond donors (Lipinski definition) is 1. The summed E-state index contributed by atoms with van der Waals surface area (Å²) < 4.78 is 5.26. The molecule has 0 aliphatic heterocycles. The van der Waals surface area contributed by atoms with Gasteiger partial charge in [-0.05, 0) is 13.3 Å². The van der Waals surface area contributed by atoms with Crippen LogP contribution in [0.3, 0.4) is 0 Å². The highest BCUT2D eigenvalue weighted by molar-refractivity contribution is 14.0. The fourth-order valence-electron chi connectivity index (χ4n) is 1.96. The van der Waals surface area contributed by atoms with Gasteiger partial charge in [0.2, 0.25) is 0 Å². The molecule has 0 aromatic carbocycles. The molecule has 2 rings (SSSR count). The minimum absolute atomic E-state index is 0. The molecule has 0 atom stereocenters. The molecule has 0 saturated heterocycles. The molecular formula is C14H22IN5OS. The van der Waals surface area contributed by atoms with Gasteiger partial charge in [0.05, 0.1) is 29.5 Å². The van der Waals surface area contributed by atoms with Gasteiger partial charge in [-0.1, -0.05) is 12.1 Å². The lowest BCUT2D eigenvalue weighted by Crippen LogP contribution is -2.38. The lowest BCUT2D eigenvalue weighted by atomic mass is 10.3. The van der Waals surface area contributed by atoms with Crippen molar-refractivity contribution in [2.24, 2.45) is 4.99 Å². The van der Waals surface area contributed by atoms with Crippen LogP contribution in [0.5, 0.6) is 0 Å². The summed E-state index contributed by atoms with van der Waals surface area (Å²) in [7, 11) is 3.75. The van der Waals surface area contributed by atoms with Crippen LogP contribution in [0.25, 0.3) is 0 Å². The average Bonchev–Trinajstić information content (AvgIpc) is 3.08. The molecule has 0 spiro atoms. The van der Waals surface area contributed by atoms with E-state index in [1.54, 1.807) is 18.4 Å². The van der Waals surface area contributed by atoms with Crippen molar-refractivity contribution in [3.05, 3.63) is 33.6 Å². The van der Waals surface area contributed by atoms with Crippen LogP contribution in [-0.4, -0.2) is 35.1 Å². The minimum atomic E-state index is 0. The molecule has 2 aromatic heterocycles. The Morgan fingerprint density at radius 1 is 1.45 bits per heavy atom. The van der Waals surface area contributed by atoms with Gasteiger partial charge in [0.1, 0.15) is 0 Å². The van der Waals surface area contributed by atoms with Crippen molar-refractivity contribution < 1.29 is 4.52 Å². The highest BCUT2D eigenvalue weighted by Gasteiger charge is 2.10. The second-order valence-electron chi connectivity index (χ2n) is 4.75. The second-order valence-corrected chi connectivity index (χ2v) is 5.82. The number of nitrogens with zero attached hydrogens (tertiary/aromatic N) is 4. The minimum Gasteiger partial charge on any atom is -0.359 e. The van der Waals surface area contributed by atoms with Crippen molar-refractivity contribution in [2.45, 2.75) is 33.4 Å². The van der Waals surface area contributed by atoms with Gasteiger partial charge in [0, 0.05) is 25.5 Å². The number of aryl methyl sites for hydroxylation is 2. The molecule has 6 nitrogen and oxygen atoms in total. The number of aromatic nitrogens is 2. The molecule has 8 heteroatoms. The van der Waals surface area contributed by atoms with Crippen molar-refractivity contribution in [3.63, 3.8) is 0 Å². The van der Waals surface area contributed by atoms with Gasteiger partial charge in [-0.3, -0.25) is 4.99 Å². The van der Waals surface area contributed by atoms with Gasteiger partial charge in [0.25, 0.3) is 0 Å². The third-order valence-corrected chi connectivity index (χ3v) is 3.85. The second kappa shape index (κ2) is 9.09. The number of guanidine groups is 1. The van der Waals surface area contributed by atoms with E-state index >= 15 is 0 Å². The van der Waals surface area contributed by atoms with Crippen molar-refractivity contribution in [1.82, 2.24) is 20.4 Å². The van der Waals surface area contributed by atoms with Gasteiger partial charge in [-0.25, -0.2) is 4.98 Å². The van der Waals surface area contributed by atoms with Crippen LogP contribution in [0, 0.1) is 6.92 Å². The Morgan fingerprint density at radius 2 is 2.23 bits per heavy atom. The predicted octanol–water partition coefficient (Wildman–Crippen LogP) is 2.83. The van der Waals surface area contributed by atoms with E-state index in [4.69, 9.17) is 4.52 Å². The van der Waals surface area contributed by atoms with Crippen molar-refractivity contribution in [1.29, 1.82) is 0 Å². The standard InChI is InChI=1S/C14H21N5OS.HI/c1-5-11-6-13(20-18-11)7-16-14(15-3)19(4)8-12-9-21-10(2)17-12;/h6,9H,5,7-8H2,1-4H3,(H,15,16);1H. The molecule has 0 unspecified atom stereocenters. The summed E-state index contributed by atoms with van der Waals surface area (Å²) in [6, 6.07) is 1.96. The first-order valence-corrected chi connectivity index (χ1v) is 7.77. The van der Waals surface area contributed by atoms with Crippen molar-refractivity contribution >= 4 is 41.3 Å². The summed E-state index contributed by atoms with van der Waals surface area (Å²) in [4.78, 5) is 10.8. The number of rotatable bonds is 5. The lowest BCUT2D eigenvalue weighted by molar-refractivity contribution is 0.371. The Bertz CT molecular complexity index is 610. The zero-order valence-electron chi connectivity index (χ0n) is 13.3. The summed E-state index contributed by atoms with van der Waals surface area (Å²) >= 11 is 1.66. The maximum absolute atomic E-state index is 5.26. The summed E-state index contributed by atoms with van der Waals surface area (Å²) in [5.74, 6) is 1.61. The molecule has 0 fully saturated rings. The first kappa shape index (κ1) is 18.9. The first-order chi connectivity index (χ1) is 10.1. The van der Waals surface area contributed by atoms with Crippen LogP contribution in [0.1, 0.15) is 29.1 Å². The predicted molar refractivity (Wildman–Crippen MR) is 99.8 cm³/mol. The van der Waals surface area contributed by atoms with Crippen LogP contribution in [0.15, 0.2) is 21.0 Å². The van der Waals surface area contributed by atoms with E-state index in [9.17, 15) is 0 Å². The normalized spacial score (nSPS) is 11.2. The van der Waals surface area contributed by atoms with E-state index in [2.05, 4.69) is 32.8 Å². The van der Waals surface area contributed by atoms with Crippen LogP contribution in [-0.2, 0) is 19.5 Å². The summed E-state index contributed by atoms with van der Waals surface area (Å²) in [6.45, 7) is 5.36. The van der Waals surface area contributed by atoms with E-state index in [0.29, 0.717) is 6.54 Å². The molecule has 0 saturated carbocycles. The number of nitrogens with one attached hydrogen (secondary N) is 1. The van der Waals surface area contributed by atoms with Crippen molar-refractivity contribution in [2.75, 3.05) is 14.1 Å². The van der Waals surface area contributed by atoms with Crippen LogP contribution < -0.4 is 5.32 Å². The monoisotopic (exact) mass is 435 g/mol. The van der Waals surface area contributed by atoms with E-state index in [1.165, 1.54) is 0 Å². The highest BCUT2D eigenvalue weighted by atomic mass is 127. The van der Waals surface area contributed by atoms with Gasteiger partial charge in [-0.15, -0.1) is 35.3 Å². The van der Waals surface area contributed by atoms with E-state index in [-0.39, 0.29) is 24.0 Å². The number of thiazole rings is 1. The quantitative estimate of drug-likeness (QED) is 0.445. The number of hydrogen-bond acceptors (Lipinski definition) is 5. The molecule has 22 heavy (non-hydrogen) atoms. The van der Waals surface area contributed by atoms with Gasteiger partial charge in [-0.2, -0.15) is 0 Å². The van der Waals surface area contributed by atoms with Crippen LogP contribution >= 0.6 is 35.3 Å². The van der Waals surface area contributed by atoms with E-state index < -0.39 is 0 Å². The van der Waals surface area contributed by atoms with Gasteiger partial charge >= 0.3 is 0 Å². The topological polar surface area (TPSA) is 66.6 Å². The average molecular weight is 435 g/mol. The molecule has 0 aliphatic rings. The number of halogens is 1. The summed E-state index contributed by atoms with van der Waals surface area (Å²) in [6.07, 6.45) is 0.876. The Balaban J connectivity index is 0.00000242. The maximum atomic E-state index is 5.26. The number of aliphatic imine (C=N–C) groups is 1. The van der Waals surface area contributed by atoms with E-state index in [1.807, 2.05) is 24.9 Å². The van der Waals surface area contributed by atoms with Gasteiger partial charge < -0.3 is 14.7 Å². The fraction of sp³-hybridized carbons (Fsp3) is 0.500. The summed E-state index contributed by atoms with van der Waals surface area (Å²) in [5.41, 5.74) is 2.02. The Kier molecular flexibility index (Phi) is 7.80. The fourth-order valence-corrected chi connectivity index (χ4v) is 2.56. The first-order valence-electron chi connectivity index (χ1n) is 6.89. The maximum Gasteiger partial charge on any atom is 0.194 e. The van der Waals surface area contributed by atoms with Crippen LogP contribution in [0.2, 0.25) is 0 Å². The largest absolute Gasteiger partial charge is 0.359 e. The lowest BCUT2D eigenvalue weighted by Gasteiger charge is -2.20. The molecule has 0 amide bonds. The third-order valence-electron chi connectivity index (χ3n) is 3.03. The highest BCUT2D eigenvalue weighted by Crippen LogP contribution is 2.10. The molecule has 0 aliphatic carbocycles. The molecule has 2 aromatic rings. The Labute approximate surface area is 152 Å². The zero-order valence-corrected chi connectivity index (χ0v) is 16.4. The van der Waals surface area contributed by atoms with Gasteiger partial charge in [0.15, 0.2) is 11.7 Å². The molecular weight excluding hydrogens is 413 g/mol. The molecule has 0 radical (unpaired) electrons. The SMILES string of the molecule is CCc1cc(CNC(=NC)N(C)Cc2csc(C)n2)on1.I. The summed E-state index contributed by atoms with van der Waals surface area (Å²) in [5, 5.41) is 10.4. The Morgan fingerprint density at radius 3 is 2.77 bits per heavy atom. The smallest absolute Gasteiger partial charge is 0.194 e. The molecule has 1 N–H and O–H groups in total. The third kappa shape index (κ3) is 5.24.